The van der Waals surface area contributed by atoms with E-state index in [1.165, 1.54) is 5.56 Å². The maximum Gasteiger partial charge on any atom is 0.191 e. The molecule has 0 fully saturated rings. The molecule has 0 spiro atoms. The van der Waals surface area contributed by atoms with Gasteiger partial charge in [-0.1, -0.05) is 26.0 Å². The van der Waals surface area contributed by atoms with Crippen molar-refractivity contribution in [3.63, 3.8) is 0 Å². The van der Waals surface area contributed by atoms with Gasteiger partial charge >= 0.3 is 0 Å². The fraction of sp³-hybridized carbons (Fsp3) is 0.667. The van der Waals surface area contributed by atoms with Crippen LogP contribution in [-0.2, 0) is 16.0 Å². The number of guanidine groups is 1. The zero-order valence-electron chi connectivity index (χ0n) is 18.0. The van der Waals surface area contributed by atoms with Gasteiger partial charge in [0.15, 0.2) is 5.96 Å². The topological polar surface area (TPSA) is 64.1 Å². The lowest BCUT2D eigenvalue weighted by Gasteiger charge is -2.15. The Labute approximate surface area is 187 Å². The lowest BCUT2D eigenvalue weighted by atomic mass is 10.1. The van der Waals surface area contributed by atoms with Crippen LogP contribution in [0.4, 0.5) is 0 Å². The van der Waals surface area contributed by atoms with Gasteiger partial charge in [0.25, 0.3) is 0 Å². The van der Waals surface area contributed by atoms with Gasteiger partial charge in [-0.05, 0) is 30.9 Å². The van der Waals surface area contributed by atoms with Crippen molar-refractivity contribution in [3.8, 4) is 5.75 Å². The normalized spacial score (nSPS) is 11.3. The highest BCUT2D eigenvalue weighted by atomic mass is 127. The molecule has 0 aliphatic carbocycles. The summed E-state index contributed by atoms with van der Waals surface area (Å²) in [4.78, 5) is 4.26. The van der Waals surface area contributed by atoms with Crippen LogP contribution in [0.25, 0.3) is 0 Å². The summed E-state index contributed by atoms with van der Waals surface area (Å²) < 4.78 is 16.6. The van der Waals surface area contributed by atoms with Gasteiger partial charge in [-0.2, -0.15) is 0 Å². The van der Waals surface area contributed by atoms with E-state index >= 15 is 0 Å². The molecule has 0 saturated heterocycles. The van der Waals surface area contributed by atoms with Gasteiger partial charge in [0.1, 0.15) is 5.75 Å². The van der Waals surface area contributed by atoms with Crippen LogP contribution in [0.5, 0.6) is 5.75 Å². The summed E-state index contributed by atoms with van der Waals surface area (Å²) in [6.45, 7) is 10.7. The van der Waals surface area contributed by atoms with Crippen LogP contribution < -0.4 is 15.4 Å². The van der Waals surface area contributed by atoms with Gasteiger partial charge in [-0.3, -0.25) is 4.99 Å². The van der Waals surface area contributed by atoms with E-state index in [-0.39, 0.29) is 24.0 Å². The third-order valence-corrected chi connectivity index (χ3v) is 4.02. The molecule has 0 saturated carbocycles. The second-order valence-electron chi connectivity index (χ2n) is 6.95. The van der Waals surface area contributed by atoms with Crippen molar-refractivity contribution in [2.75, 3.05) is 47.1 Å². The van der Waals surface area contributed by atoms with E-state index in [0.29, 0.717) is 32.3 Å². The van der Waals surface area contributed by atoms with Gasteiger partial charge in [0, 0.05) is 52.4 Å². The van der Waals surface area contributed by atoms with Crippen molar-refractivity contribution in [1.29, 1.82) is 0 Å². The average Bonchev–Trinajstić information content (AvgIpc) is 2.65. The molecule has 7 heteroatoms. The highest BCUT2D eigenvalue weighted by Gasteiger charge is 2.06. The zero-order chi connectivity index (χ0) is 19.9. The molecule has 0 heterocycles. The lowest BCUT2D eigenvalue weighted by molar-refractivity contribution is 0.128. The van der Waals surface area contributed by atoms with E-state index < -0.39 is 0 Å². The first kappa shape index (κ1) is 26.9. The van der Waals surface area contributed by atoms with Crippen molar-refractivity contribution in [3.05, 3.63) is 29.3 Å². The molecule has 1 rings (SSSR count). The smallest absolute Gasteiger partial charge is 0.191 e. The number of aliphatic imine (C=N–C) groups is 1. The molecule has 0 aromatic heterocycles. The summed E-state index contributed by atoms with van der Waals surface area (Å²) in [5.41, 5.74) is 2.29. The van der Waals surface area contributed by atoms with Crippen molar-refractivity contribution < 1.29 is 14.2 Å². The number of halogens is 1. The Balaban J connectivity index is 0.00000729. The molecule has 0 aliphatic rings. The van der Waals surface area contributed by atoms with Crippen LogP contribution in [0, 0.1) is 12.8 Å². The molecular formula is C21H38IN3O3. The Morgan fingerprint density at radius 3 is 2.57 bits per heavy atom. The molecule has 0 bridgehead atoms. The number of hydrogen-bond donors (Lipinski definition) is 2. The predicted octanol–water partition coefficient (Wildman–Crippen LogP) is 3.76. The van der Waals surface area contributed by atoms with E-state index in [1.807, 2.05) is 0 Å². The molecule has 2 N–H and O–H groups in total. The van der Waals surface area contributed by atoms with Crippen LogP contribution in [0.1, 0.15) is 37.8 Å². The van der Waals surface area contributed by atoms with E-state index in [2.05, 4.69) is 54.6 Å². The van der Waals surface area contributed by atoms with Crippen LogP contribution >= 0.6 is 24.0 Å². The Kier molecular flexibility index (Phi) is 16.2. The second-order valence-corrected chi connectivity index (χ2v) is 6.95. The van der Waals surface area contributed by atoms with Crippen LogP contribution in [0.15, 0.2) is 23.2 Å². The number of nitrogens with one attached hydrogen (secondary N) is 2. The van der Waals surface area contributed by atoms with Crippen LogP contribution in [0.3, 0.4) is 0 Å². The van der Waals surface area contributed by atoms with Gasteiger partial charge in [-0.25, -0.2) is 0 Å². The fourth-order valence-corrected chi connectivity index (χ4v) is 2.39. The van der Waals surface area contributed by atoms with E-state index in [1.54, 1.807) is 14.2 Å². The van der Waals surface area contributed by atoms with Crippen LogP contribution in [0.2, 0.25) is 0 Å². The van der Waals surface area contributed by atoms with E-state index in [4.69, 9.17) is 14.2 Å². The Morgan fingerprint density at radius 1 is 1.11 bits per heavy atom. The molecule has 162 valence electrons. The number of hydrogen-bond acceptors (Lipinski definition) is 4. The van der Waals surface area contributed by atoms with Gasteiger partial charge in [-0.15, -0.1) is 24.0 Å². The summed E-state index contributed by atoms with van der Waals surface area (Å²) >= 11 is 0. The molecular weight excluding hydrogens is 469 g/mol. The number of benzene rings is 1. The number of rotatable bonds is 13. The summed E-state index contributed by atoms with van der Waals surface area (Å²) in [6, 6.07) is 6.26. The highest BCUT2D eigenvalue weighted by Crippen LogP contribution is 2.20. The summed E-state index contributed by atoms with van der Waals surface area (Å²) in [5, 5.41) is 6.61. The number of methoxy groups -OCH3 is 1. The number of aryl methyl sites for hydroxylation is 1. The van der Waals surface area contributed by atoms with Crippen molar-refractivity contribution in [1.82, 2.24) is 10.6 Å². The molecule has 0 atom stereocenters. The Hall–Kier alpha value is -1.06. The molecule has 0 aliphatic heterocycles. The van der Waals surface area contributed by atoms with Crippen molar-refractivity contribution >= 4 is 29.9 Å². The van der Waals surface area contributed by atoms with E-state index in [9.17, 15) is 0 Å². The number of ether oxygens (including phenoxy) is 3. The first-order valence-electron chi connectivity index (χ1n) is 9.80. The lowest BCUT2D eigenvalue weighted by Crippen LogP contribution is -2.38. The second kappa shape index (κ2) is 16.9. The van der Waals surface area contributed by atoms with Gasteiger partial charge in [0.05, 0.1) is 13.2 Å². The molecule has 28 heavy (non-hydrogen) atoms. The van der Waals surface area contributed by atoms with Crippen LogP contribution in [-0.4, -0.2) is 53.1 Å². The third kappa shape index (κ3) is 12.4. The highest BCUT2D eigenvalue weighted by molar-refractivity contribution is 14.0. The first-order chi connectivity index (χ1) is 13.1. The maximum absolute atomic E-state index is 5.93. The van der Waals surface area contributed by atoms with Gasteiger partial charge < -0.3 is 24.8 Å². The SMILES string of the molecule is CN=C(NCCOCCC(C)C)NCc1ccc(C)cc1OCCCOC.I. The summed E-state index contributed by atoms with van der Waals surface area (Å²) in [6.07, 6.45) is 1.96. The molecule has 0 unspecified atom stereocenters. The average molecular weight is 507 g/mol. The molecule has 0 radical (unpaired) electrons. The standard InChI is InChI=1S/C21H37N3O3.HI/c1-17(2)9-13-26-14-10-23-21(22-4)24-16-19-8-7-18(3)15-20(19)27-12-6-11-25-5;/h7-8,15,17H,6,9-14,16H2,1-5H3,(H2,22,23,24);1H. The minimum absolute atomic E-state index is 0. The van der Waals surface area contributed by atoms with Crippen molar-refractivity contribution in [2.24, 2.45) is 10.9 Å². The molecule has 0 amide bonds. The molecule has 1 aromatic carbocycles. The third-order valence-electron chi connectivity index (χ3n) is 4.02. The maximum atomic E-state index is 5.93. The quantitative estimate of drug-likeness (QED) is 0.184. The number of nitrogens with zero attached hydrogens (tertiary/aromatic N) is 1. The largest absolute Gasteiger partial charge is 0.493 e. The Morgan fingerprint density at radius 2 is 1.89 bits per heavy atom. The van der Waals surface area contributed by atoms with Gasteiger partial charge in [0.2, 0.25) is 0 Å². The molecule has 6 nitrogen and oxygen atoms in total. The van der Waals surface area contributed by atoms with Crippen molar-refractivity contribution in [2.45, 2.75) is 40.2 Å². The first-order valence-corrected chi connectivity index (χ1v) is 9.80. The molecule has 1 aromatic rings. The fourth-order valence-electron chi connectivity index (χ4n) is 2.39. The minimum atomic E-state index is 0. The van der Waals surface area contributed by atoms with E-state index in [0.717, 1.165) is 43.3 Å². The Bertz CT molecular complexity index is 554. The minimum Gasteiger partial charge on any atom is -0.493 e. The summed E-state index contributed by atoms with van der Waals surface area (Å²) in [7, 11) is 3.47. The predicted molar refractivity (Wildman–Crippen MR) is 127 cm³/mol. The summed E-state index contributed by atoms with van der Waals surface area (Å²) in [5.74, 6) is 2.34. The monoisotopic (exact) mass is 507 g/mol. The zero-order valence-corrected chi connectivity index (χ0v) is 20.4.